The van der Waals surface area contributed by atoms with Crippen LogP contribution in [0.2, 0.25) is 0 Å². The summed E-state index contributed by atoms with van der Waals surface area (Å²) >= 11 is 0. The minimum Gasteiger partial charge on any atom is -0.455 e. The van der Waals surface area contributed by atoms with Gasteiger partial charge < -0.3 is 4.42 Å². The van der Waals surface area contributed by atoms with Gasteiger partial charge >= 0.3 is 0 Å². The third-order valence-electron chi connectivity index (χ3n) is 8.11. The van der Waals surface area contributed by atoms with Crippen LogP contribution in [0.1, 0.15) is 12.8 Å². The standard InChI is InChI=1S/C36H25BO/c37-23-20-31-25-13-7-8-19-33(25)38-36(31)32(21-23)35-29-16-5-3-14-27(29)34(28-15-4-6-17-30(28)35)26-18-9-11-22-10-1-2-12-24(22)26/h1-3,5,7-21H,4,6,37H2. The summed E-state index contributed by atoms with van der Waals surface area (Å²) < 4.78 is 6.58. The van der Waals surface area contributed by atoms with Crippen LogP contribution >= 0.6 is 0 Å². The van der Waals surface area contributed by atoms with E-state index in [1.54, 1.807) is 0 Å². The lowest BCUT2D eigenvalue weighted by atomic mass is 9.83. The van der Waals surface area contributed by atoms with Crippen LogP contribution in [0.4, 0.5) is 0 Å². The highest BCUT2D eigenvalue weighted by Crippen LogP contribution is 2.39. The van der Waals surface area contributed by atoms with Crippen molar-refractivity contribution in [2.45, 2.75) is 12.8 Å². The van der Waals surface area contributed by atoms with Gasteiger partial charge in [0.25, 0.3) is 0 Å². The first-order chi connectivity index (χ1) is 18.8. The Morgan fingerprint density at radius 3 is 1.89 bits per heavy atom. The summed E-state index contributed by atoms with van der Waals surface area (Å²) in [5, 5.41) is 10.2. The summed E-state index contributed by atoms with van der Waals surface area (Å²) in [7, 11) is 2.19. The summed E-state index contributed by atoms with van der Waals surface area (Å²) in [6.07, 6.45) is 7.00. The second kappa shape index (κ2) is 8.23. The Bertz CT molecular complexity index is 2190. The lowest BCUT2D eigenvalue weighted by Crippen LogP contribution is -2.31. The first-order valence-corrected chi connectivity index (χ1v) is 13.4. The summed E-state index contributed by atoms with van der Waals surface area (Å²) in [6, 6.07) is 37.3. The fourth-order valence-corrected chi connectivity index (χ4v) is 6.54. The van der Waals surface area contributed by atoms with Gasteiger partial charge in [-0.15, -0.1) is 0 Å². The van der Waals surface area contributed by atoms with E-state index in [0.717, 1.165) is 24.0 Å². The number of hydrogen-bond acceptors (Lipinski definition) is 1. The number of furan rings is 1. The molecule has 0 N–H and O–H groups in total. The molecule has 38 heavy (non-hydrogen) atoms. The van der Waals surface area contributed by atoms with Crippen LogP contribution in [0.3, 0.4) is 0 Å². The van der Waals surface area contributed by atoms with Crippen molar-refractivity contribution < 1.29 is 4.42 Å². The molecule has 0 unspecified atom stereocenters. The second-order valence-corrected chi connectivity index (χ2v) is 10.4. The molecule has 1 aliphatic rings. The second-order valence-electron chi connectivity index (χ2n) is 10.4. The van der Waals surface area contributed by atoms with Crippen LogP contribution in [-0.4, -0.2) is 7.85 Å². The van der Waals surface area contributed by atoms with Crippen molar-refractivity contribution in [1.29, 1.82) is 0 Å². The zero-order valence-corrected chi connectivity index (χ0v) is 21.3. The number of fused-ring (bicyclic) bond motifs is 6. The van der Waals surface area contributed by atoms with E-state index in [0.29, 0.717) is 0 Å². The van der Waals surface area contributed by atoms with Gasteiger partial charge in [-0.3, -0.25) is 0 Å². The first-order valence-electron chi connectivity index (χ1n) is 13.4. The van der Waals surface area contributed by atoms with Crippen LogP contribution in [0.15, 0.2) is 108 Å². The number of rotatable bonds is 2. The molecule has 0 atom stereocenters. The Morgan fingerprint density at radius 2 is 1.13 bits per heavy atom. The molecule has 8 rings (SSSR count). The Balaban J connectivity index is 1.58. The van der Waals surface area contributed by atoms with E-state index in [1.165, 1.54) is 70.5 Å². The van der Waals surface area contributed by atoms with E-state index >= 15 is 0 Å². The maximum Gasteiger partial charge on any atom is 0.143 e. The predicted molar refractivity (Wildman–Crippen MR) is 165 cm³/mol. The smallest absolute Gasteiger partial charge is 0.143 e. The highest BCUT2D eigenvalue weighted by atomic mass is 16.3. The summed E-state index contributed by atoms with van der Waals surface area (Å²) in [4.78, 5) is 0. The molecule has 0 amide bonds. The largest absolute Gasteiger partial charge is 0.455 e. The molecule has 6 aromatic carbocycles. The third-order valence-corrected chi connectivity index (χ3v) is 8.11. The number of benzene rings is 6. The highest BCUT2D eigenvalue weighted by Gasteiger charge is 2.20. The zero-order valence-electron chi connectivity index (χ0n) is 21.3. The fraction of sp³-hybridized carbons (Fsp3) is 0.0556. The molecular weight excluding hydrogens is 459 g/mol. The van der Waals surface area contributed by atoms with Gasteiger partial charge in [-0.1, -0.05) is 115 Å². The molecular formula is C36H25BO. The van der Waals surface area contributed by atoms with Crippen LogP contribution in [0, 0.1) is 0 Å². The van der Waals surface area contributed by atoms with Crippen molar-refractivity contribution in [1.82, 2.24) is 0 Å². The highest BCUT2D eigenvalue weighted by molar-refractivity contribution is 6.35. The topological polar surface area (TPSA) is 13.1 Å². The lowest BCUT2D eigenvalue weighted by molar-refractivity contribution is 0.670. The Labute approximate surface area is 221 Å². The van der Waals surface area contributed by atoms with Gasteiger partial charge in [0.1, 0.15) is 19.0 Å². The summed E-state index contributed by atoms with van der Waals surface area (Å²) in [6.45, 7) is 0. The maximum atomic E-state index is 6.58. The molecule has 0 spiro atoms. The van der Waals surface area contributed by atoms with Gasteiger partial charge in [0, 0.05) is 21.9 Å². The van der Waals surface area contributed by atoms with Crippen molar-refractivity contribution >= 4 is 68.9 Å². The van der Waals surface area contributed by atoms with E-state index in [4.69, 9.17) is 4.42 Å². The molecule has 0 bridgehead atoms. The van der Waals surface area contributed by atoms with E-state index in [-0.39, 0.29) is 0 Å². The average molecular weight is 484 g/mol. The molecule has 7 aromatic rings. The van der Waals surface area contributed by atoms with Crippen molar-refractivity contribution in [2.24, 2.45) is 0 Å². The molecule has 1 aliphatic carbocycles. The van der Waals surface area contributed by atoms with E-state index in [9.17, 15) is 0 Å². The minimum absolute atomic E-state index is 0.940. The fourth-order valence-electron chi connectivity index (χ4n) is 6.54. The molecule has 0 radical (unpaired) electrons. The van der Waals surface area contributed by atoms with Gasteiger partial charge in [0.05, 0.1) is 0 Å². The van der Waals surface area contributed by atoms with Crippen LogP contribution in [0.25, 0.3) is 77.9 Å². The van der Waals surface area contributed by atoms with Crippen molar-refractivity contribution in [3.05, 3.63) is 114 Å². The van der Waals surface area contributed by atoms with Gasteiger partial charge in [-0.05, 0) is 62.0 Å². The minimum atomic E-state index is 0.940. The molecule has 0 fully saturated rings. The van der Waals surface area contributed by atoms with E-state index in [1.807, 2.05) is 0 Å². The number of hydrogen-bond donors (Lipinski definition) is 0. The Hall–Kier alpha value is -4.56. The monoisotopic (exact) mass is 484 g/mol. The molecule has 1 heterocycles. The average Bonchev–Trinajstić information content (AvgIpc) is 3.34. The Kier molecular flexibility index (Phi) is 4.66. The van der Waals surface area contributed by atoms with Gasteiger partial charge in [0.15, 0.2) is 0 Å². The van der Waals surface area contributed by atoms with Crippen molar-refractivity contribution in [3.8, 4) is 22.3 Å². The first kappa shape index (κ1) is 21.5. The molecule has 0 saturated carbocycles. The van der Waals surface area contributed by atoms with Crippen LogP contribution < -0.4 is 15.9 Å². The molecule has 1 nitrogen and oxygen atoms in total. The Morgan fingerprint density at radius 1 is 0.526 bits per heavy atom. The van der Waals surface area contributed by atoms with E-state index < -0.39 is 0 Å². The van der Waals surface area contributed by atoms with Gasteiger partial charge in [-0.2, -0.15) is 0 Å². The molecule has 1 aromatic heterocycles. The lowest BCUT2D eigenvalue weighted by Gasteiger charge is -2.19. The predicted octanol–water partition coefficient (Wildman–Crippen LogP) is 6.84. The molecule has 178 valence electrons. The summed E-state index contributed by atoms with van der Waals surface area (Å²) in [5.41, 5.74) is 8.25. The SMILES string of the molecule is Bc1cc(-c2c3c(c(-c4cccc5ccccc45)c4ccccc24)=CCCC=3)c2oc3ccccc3c2c1. The van der Waals surface area contributed by atoms with Gasteiger partial charge in [0.2, 0.25) is 0 Å². The van der Waals surface area contributed by atoms with Crippen LogP contribution in [-0.2, 0) is 0 Å². The van der Waals surface area contributed by atoms with Gasteiger partial charge in [-0.25, -0.2) is 0 Å². The molecule has 0 aliphatic heterocycles. The molecule has 0 saturated heterocycles. The normalized spacial score (nSPS) is 13.1. The number of para-hydroxylation sites is 1. The van der Waals surface area contributed by atoms with E-state index in [2.05, 4.69) is 123 Å². The van der Waals surface area contributed by atoms with Crippen molar-refractivity contribution in [3.63, 3.8) is 0 Å². The maximum absolute atomic E-state index is 6.58. The third kappa shape index (κ3) is 3.07. The zero-order chi connectivity index (χ0) is 25.2. The summed E-state index contributed by atoms with van der Waals surface area (Å²) in [5.74, 6) is 0. The van der Waals surface area contributed by atoms with Crippen molar-refractivity contribution in [2.75, 3.05) is 0 Å². The van der Waals surface area contributed by atoms with Crippen LogP contribution in [0.5, 0.6) is 0 Å². The quantitative estimate of drug-likeness (QED) is 0.245. The molecule has 2 heteroatoms.